The molecule has 0 aromatic rings. The second-order valence-electron chi connectivity index (χ2n) is 2.31. The van der Waals surface area contributed by atoms with Crippen molar-refractivity contribution in [1.82, 2.24) is 0 Å². The van der Waals surface area contributed by atoms with Crippen LogP contribution < -0.4 is 0 Å². The molecule has 0 spiro atoms. The first-order valence-electron chi connectivity index (χ1n) is 4.51. The maximum absolute atomic E-state index is 10.5. The molecule has 0 atom stereocenters. The van der Waals surface area contributed by atoms with Gasteiger partial charge in [-0.2, -0.15) is 0 Å². The first-order valence-corrected chi connectivity index (χ1v) is 6.00. The molecule has 0 aliphatic carbocycles. The molecule has 17 heavy (non-hydrogen) atoms. The van der Waals surface area contributed by atoms with Crippen LogP contribution in [-0.4, -0.2) is 40.3 Å². The van der Waals surface area contributed by atoms with Crippen LogP contribution >= 0.6 is 7.82 Å². The monoisotopic (exact) mass is 270 g/mol. The average Bonchev–Trinajstić information content (AvgIpc) is 2.15. The van der Waals surface area contributed by atoms with Crippen molar-refractivity contribution in [2.45, 2.75) is 13.8 Å². The van der Waals surface area contributed by atoms with Crippen molar-refractivity contribution < 1.29 is 38.3 Å². The number of carbonyl (C=O) groups is 2. The molecule has 0 aromatic carbocycles. The van der Waals surface area contributed by atoms with Crippen LogP contribution in [0, 0.1) is 0 Å². The van der Waals surface area contributed by atoms with Gasteiger partial charge in [0.2, 0.25) is 0 Å². The van der Waals surface area contributed by atoms with Crippen molar-refractivity contribution in [3.63, 3.8) is 0 Å². The van der Waals surface area contributed by atoms with Crippen molar-refractivity contribution >= 4 is 19.8 Å². The molecule has 0 saturated carbocycles. The Morgan fingerprint density at radius 3 is 1.53 bits per heavy atom. The first kappa shape index (κ1) is 18.2. The number of carboxylic acids is 2. The minimum atomic E-state index is -3.69. The largest absolute Gasteiger partial charge is 0.478 e. The number of hydrogen-bond acceptors (Lipinski definition) is 5. The van der Waals surface area contributed by atoms with Gasteiger partial charge in [-0.05, 0) is 13.8 Å². The van der Waals surface area contributed by atoms with Crippen molar-refractivity contribution in [3.05, 3.63) is 12.2 Å². The lowest BCUT2D eigenvalue weighted by molar-refractivity contribution is -0.134. The molecule has 3 N–H and O–H groups in total. The zero-order chi connectivity index (χ0) is 13.9. The lowest BCUT2D eigenvalue weighted by Gasteiger charge is -2.07. The molecule has 0 aromatic heterocycles. The third-order valence-corrected chi connectivity index (χ3v) is 2.12. The highest BCUT2D eigenvalue weighted by molar-refractivity contribution is 7.47. The summed E-state index contributed by atoms with van der Waals surface area (Å²) in [5.41, 5.74) is 0. The van der Waals surface area contributed by atoms with E-state index in [-0.39, 0.29) is 13.2 Å². The smallest absolute Gasteiger partial charge is 0.472 e. The minimum Gasteiger partial charge on any atom is -0.478 e. The molecular weight excluding hydrogens is 255 g/mol. The van der Waals surface area contributed by atoms with Gasteiger partial charge in [0.05, 0.1) is 13.2 Å². The van der Waals surface area contributed by atoms with Crippen LogP contribution in [0.3, 0.4) is 0 Å². The molecule has 0 aliphatic heterocycles. The fourth-order valence-electron chi connectivity index (χ4n) is 0.506. The molecule has 100 valence electrons. The first-order chi connectivity index (χ1) is 7.75. The van der Waals surface area contributed by atoms with E-state index in [1.54, 1.807) is 13.8 Å². The van der Waals surface area contributed by atoms with E-state index in [1.807, 2.05) is 0 Å². The Morgan fingerprint density at radius 2 is 1.35 bits per heavy atom. The summed E-state index contributed by atoms with van der Waals surface area (Å²) < 4.78 is 19.2. The molecule has 0 rings (SSSR count). The highest BCUT2D eigenvalue weighted by Crippen LogP contribution is 2.42. The highest BCUT2D eigenvalue weighted by Gasteiger charge is 2.17. The number of phosphoric acid groups is 1. The summed E-state index contributed by atoms with van der Waals surface area (Å²) in [4.78, 5) is 27.7. The van der Waals surface area contributed by atoms with E-state index in [4.69, 9.17) is 15.1 Å². The minimum absolute atomic E-state index is 0.188. The van der Waals surface area contributed by atoms with E-state index in [0.717, 1.165) is 0 Å². The van der Waals surface area contributed by atoms with Gasteiger partial charge in [-0.1, -0.05) is 0 Å². The zero-order valence-electron chi connectivity index (χ0n) is 9.40. The predicted molar refractivity (Wildman–Crippen MR) is 57.5 cm³/mol. The van der Waals surface area contributed by atoms with Crippen LogP contribution in [0.15, 0.2) is 12.2 Å². The summed E-state index contributed by atoms with van der Waals surface area (Å²) in [6, 6.07) is 0. The van der Waals surface area contributed by atoms with Gasteiger partial charge in [0, 0.05) is 12.2 Å². The standard InChI is InChI=1S/C4H11O4P.C4H4O4/c1-3-7-9(5,6)8-4-2;5-3(6)1-2-4(7)8/h3-4H2,1-2H3,(H,5,6);1-2H,(H,5,6)(H,7,8)/b;2-1+. The third kappa shape index (κ3) is 17.4. The Kier molecular flexibility index (Phi) is 10.7. The van der Waals surface area contributed by atoms with Gasteiger partial charge in [0.15, 0.2) is 0 Å². The van der Waals surface area contributed by atoms with Crippen LogP contribution in [0.5, 0.6) is 0 Å². The summed E-state index contributed by atoms with van der Waals surface area (Å²) in [7, 11) is -3.69. The summed E-state index contributed by atoms with van der Waals surface area (Å²) >= 11 is 0. The van der Waals surface area contributed by atoms with Gasteiger partial charge in [-0.25, -0.2) is 14.2 Å². The summed E-state index contributed by atoms with van der Waals surface area (Å²) in [6.45, 7) is 3.63. The lowest BCUT2D eigenvalue weighted by atomic mass is 10.5. The van der Waals surface area contributed by atoms with Gasteiger partial charge < -0.3 is 15.1 Å². The quantitative estimate of drug-likeness (QED) is 0.478. The summed E-state index contributed by atoms with van der Waals surface area (Å²) in [5, 5.41) is 15.6. The van der Waals surface area contributed by atoms with Crippen LogP contribution in [0.2, 0.25) is 0 Å². The van der Waals surface area contributed by atoms with Crippen LogP contribution in [-0.2, 0) is 23.2 Å². The maximum Gasteiger partial charge on any atom is 0.472 e. The van der Waals surface area contributed by atoms with Gasteiger partial charge >= 0.3 is 19.8 Å². The van der Waals surface area contributed by atoms with Gasteiger partial charge in [0.1, 0.15) is 0 Å². The number of aliphatic carboxylic acids is 2. The van der Waals surface area contributed by atoms with Crippen LogP contribution in [0.25, 0.3) is 0 Å². The maximum atomic E-state index is 10.5. The molecule has 0 aliphatic rings. The van der Waals surface area contributed by atoms with Gasteiger partial charge in [-0.15, -0.1) is 0 Å². The van der Waals surface area contributed by atoms with Crippen LogP contribution in [0.4, 0.5) is 0 Å². The van der Waals surface area contributed by atoms with E-state index >= 15 is 0 Å². The Labute approximate surface area is 98.1 Å². The van der Waals surface area contributed by atoms with Gasteiger partial charge in [-0.3, -0.25) is 9.05 Å². The molecule has 0 amide bonds. The molecule has 0 saturated heterocycles. The second kappa shape index (κ2) is 9.98. The molecule has 0 radical (unpaired) electrons. The fourth-order valence-corrected chi connectivity index (χ4v) is 1.23. The van der Waals surface area contributed by atoms with Crippen molar-refractivity contribution in [2.75, 3.05) is 13.2 Å². The zero-order valence-corrected chi connectivity index (χ0v) is 10.3. The van der Waals surface area contributed by atoms with Crippen molar-refractivity contribution in [1.29, 1.82) is 0 Å². The Morgan fingerprint density at radius 1 is 1.06 bits per heavy atom. The van der Waals surface area contributed by atoms with Crippen molar-refractivity contribution in [3.8, 4) is 0 Å². The Hall–Kier alpha value is -1.21. The average molecular weight is 270 g/mol. The van der Waals surface area contributed by atoms with Crippen LogP contribution in [0.1, 0.15) is 13.8 Å². The SMILES string of the molecule is CCOP(=O)(O)OCC.O=C(O)/C=C/C(=O)O. The number of hydrogen-bond donors (Lipinski definition) is 3. The van der Waals surface area contributed by atoms with E-state index in [1.165, 1.54) is 0 Å². The Bertz CT molecular complexity index is 285. The highest BCUT2D eigenvalue weighted by atomic mass is 31.2. The molecule has 8 nitrogen and oxygen atoms in total. The van der Waals surface area contributed by atoms with E-state index in [2.05, 4.69) is 9.05 Å². The van der Waals surface area contributed by atoms with Gasteiger partial charge in [0.25, 0.3) is 0 Å². The van der Waals surface area contributed by atoms with E-state index < -0.39 is 19.8 Å². The molecule has 0 heterocycles. The molecular formula is C8H15O8P. The molecule has 0 unspecified atom stereocenters. The topological polar surface area (TPSA) is 130 Å². The van der Waals surface area contributed by atoms with E-state index in [0.29, 0.717) is 12.2 Å². The number of carboxylic acid groups (broad SMARTS) is 2. The summed E-state index contributed by atoms with van der Waals surface area (Å²) in [5.74, 6) is -2.51. The third-order valence-electron chi connectivity index (χ3n) is 0.953. The lowest BCUT2D eigenvalue weighted by Crippen LogP contribution is -1.93. The predicted octanol–water partition coefficient (Wildman–Crippen LogP) is 0.872. The fraction of sp³-hybridized carbons (Fsp3) is 0.500. The molecule has 9 heteroatoms. The Balaban J connectivity index is 0. The van der Waals surface area contributed by atoms with Crippen molar-refractivity contribution in [2.24, 2.45) is 0 Å². The normalized spacial score (nSPS) is 10.8. The van der Waals surface area contributed by atoms with E-state index in [9.17, 15) is 14.2 Å². The summed E-state index contributed by atoms with van der Waals surface area (Å²) in [6.07, 6.45) is 1.12. The molecule has 0 bridgehead atoms. The second-order valence-corrected chi connectivity index (χ2v) is 3.77. The number of phosphoric ester groups is 1. The number of rotatable bonds is 6. The molecule has 0 fully saturated rings.